The lowest BCUT2D eigenvalue weighted by Crippen LogP contribution is -2.47. The van der Waals surface area contributed by atoms with Gasteiger partial charge in [0.25, 0.3) is 0 Å². The Balaban J connectivity index is 2.15. The Morgan fingerprint density at radius 3 is 2.33 bits per heavy atom. The summed E-state index contributed by atoms with van der Waals surface area (Å²) < 4.78 is 29.3. The predicted octanol–water partition coefficient (Wildman–Crippen LogP) is 2.57. The van der Waals surface area contributed by atoms with E-state index in [2.05, 4.69) is 5.32 Å². The molecule has 0 bridgehead atoms. The lowest BCUT2D eigenvalue weighted by Gasteiger charge is -2.29. The van der Waals surface area contributed by atoms with Crippen molar-refractivity contribution in [1.82, 2.24) is 5.32 Å². The second-order valence-corrected chi connectivity index (χ2v) is 8.36. The van der Waals surface area contributed by atoms with Gasteiger partial charge in [0.2, 0.25) is 5.91 Å². The topological polar surface area (TPSA) is 72.5 Å². The summed E-state index contributed by atoms with van der Waals surface area (Å²) in [6.45, 7) is 6.69. The molecule has 1 heterocycles. The monoisotopic (exact) mass is 351 g/mol. The van der Waals surface area contributed by atoms with Gasteiger partial charge in [0.15, 0.2) is 9.84 Å². The van der Waals surface area contributed by atoms with Crippen LogP contribution in [-0.2, 0) is 24.8 Å². The third-order valence-corrected chi connectivity index (χ3v) is 5.90. The van der Waals surface area contributed by atoms with Crippen molar-refractivity contribution in [3.8, 4) is 0 Å². The maximum atomic E-state index is 12.6. The Kier molecular flexibility index (Phi) is 5.83. The van der Waals surface area contributed by atoms with Gasteiger partial charge in [-0.3, -0.25) is 4.79 Å². The van der Waals surface area contributed by atoms with Crippen LogP contribution in [0, 0.1) is 0 Å². The van der Waals surface area contributed by atoms with Crippen molar-refractivity contribution >= 4 is 15.7 Å². The van der Waals surface area contributed by atoms with Crippen LogP contribution in [0.5, 0.6) is 0 Å². The molecular formula is C18H25NO4S. The predicted molar refractivity (Wildman–Crippen MR) is 93.5 cm³/mol. The van der Waals surface area contributed by atoms with E-state index in [9.17, 15) is 13.2 Å². The Morgan fingerprint density at radius 1 is 1.21 bits per heavy atom. The first kappa shape index (κ1) is 18.7. The van der Waals surface area contributed by atoms with Crippen LogP contribution in [0.4, 0.5) is 0 Å². The van der Waals surface area contributed by atoms with Crippen LogP contribution >= 0.6 is 0 Å². The Labute approximate surface area is 144 Å². The number of allylic oxidation sites excluding steroid dienone is 1. The Bertz CT molecular complexity index is 699. The number of sulfone groups is 1. The summed E-state index contributed by atoms with van der Waals surface area (Å²) in [5.41, 5.74) is 0.0489. The summed E-state index contributed by atoms with van der Waals surface area (Å²) in [6.07, 6.45) is 3.14. The smallest absolute Gasteiger partial charge is 0.230 e. The summed E-state index contributed by atoms with van der Waals surface area (Å²) in [7, 11) is -3.41. The summed E-state index contributed by atoms with van der Waals surface area (Å²) in [6, 6.07) is 6.65. The zero-order valence-corrected chi connectivity index (χ0v) is 15.2. The number of hydrogen-bond acceptors (Lipinski definition) is 4. The highest BCUT2D eigenvalue weighted by Crippen LogP contribution is 2.26. The van der Waals surface area contributed by atoms with Crippen molar-refractivity contribution in [2.75, 3.05) is 13.2 Å². The highest BCUT2D eigenvalue weighted by molar-refractivity contribution is 7.94. The molecule has 1 N–H and O–H groups in total. The van der Waals surface area contributed by atoms with E-state index in [1.807, 2.05) is 13.8 Å². The first-order valence-corrected chi connectivity index (χ1v) is 9.69. The van der Waals surface area contributed by atoms with Gasteiger partial charge in [-0.15, -0.1) is 0 Å². The van der Waals surface area contributed by atoms with E-state index in [0.29, 0.717) is 13.2 Å². The molecule has 1 aliphatic heterocycles. The molecule has 24 heavy (non-hydrogen) atoms. The minimum atomic E-state index is -3.41. The third kappa shape index (κ3) is 4.24. The highest BCUT2D eigenvalue weighted by Gasteiger charge is 2.31. The molecule has 1 saturated heterocycles. The molecular weight excluding hydrogens is 326 g/mol. The Morgan fingerprint density at radius 2 is 1.79 bits per heavy atom. The number of carbonyl (C=O) groups is 1. The van der Waals surface area contributed by atoms with Gasteiger partial charge in [0.1, 0.15) is 0 Å². The standard InChI is InChI=1S/C18H25NO4S/c1-4-13-24(21,22)16-7-5-14(6-8-16)18(2,3)17(20)19-15-9-11-23-12-10-15/h4-8,13,15H,9-12H2,1-3H3,(H,19,20). The van der Waals surface area contributed by atoms with E-state index in [0.717, 1.165) is 18.4 Å². The molecule has 1 amide bonds. The molecule has 6 heteroatoms. The zero-order valence-electron chi connectivity index (χ0n) is 14.4. The fraction of sp³-hybridized carbons (Fsp3) is 0.500. The molecule has 0 radical (unpaired) electrons. The first-order chi connectivity index (χ1) is 11.3. The molecule has 0 spiro atoms. The fourth-order valence-electron chi connectivity index (χ4n) is 2.66. The minimum absolute atomic E-state index is 0.0570. The zero-order chi connectivity index (χ0) is 17.8. The molecule has 0 aliphatic carbocycles. The second kappa shape index (κ2) is 7.49. The number of benzene rings is 1. The van der Waals surface area contributed by atoms with E-state index in [1.54, 1.807) is 31.2 Å². The Hall–Kier alpha value is -1.66. The summed E-state index contributed by atoms with van der Waals surface area (Å²) in [5.74, 6) is -0.0570. The summed E-state index contributed by atoms with van der Waals surface area (Å²) in [5, 5.41) is 4.25. The highest BCUT2D eigenvalue weighted by atomic mass is 32.2. The van der Waals surface area contributed by atoms with E-state index < -0.39 is 15.3 Å². The van der Waals surface area contributed by atoms with Crippen LogP contribution in [0.1, 0.15) is 39.2 Å². The fourth-order valence-corrected chi connectivity index (χ4v) is 3.69. The van der Waals surface area contributed by atoms with E-state index in [-0.39, 0.29) is 16.8 Å². The van der Waals surface area contributed by atoms with Gasteiger partial charge in [-0.2, -0.15) is 0 Å². The van der Waals surface area contributed by atoms with Crippen LogP contribution in [0.25, 0.3) is 0 Å². The molecule has 1 aromatic rings. The molecule has 0 atom stereocenters. The third-order valence-electron chi connectivity index (χ3n) is 4.34. The molecule has 0 saturated carbocycles. The SMILES string of the molecule is CC=CS(=O)(=O)c1ccc(C(C)(C)C(=O)NC2CCOCC2)cc1. The van der Waals surface area contributed by atoms with Crippen molar-refractivity contribution in [2.24, 2.45) is 0 Å². The number of nitrogens with one attached hydrogen (secondary N) is 1. The van der Waals surface area contributed by atoms with Crippen LogP contribution in [-0.4, -0.2) is 33.6 Å². The van der Waals surface area contributed by atoms with E-state index >= 15 is 0 Å². The van der Waals surface area contributed by atoms with Crippen molar-refractivity contribution in [1.29, 1.82) is 0 Å². The summed E-state index contributed by atoms with van der Waals surface area (Å²) in [4.78, 5) is 12.9. The molecule has 2 rings (SSSR count). The molecule has 1 aliphatic rings. The van der Waals surface area contributed by atoms with Crippen molar-refractivity contribution in [3.05, 3.63) is 41.3 Å². The lowest BCUT2D eigenvalue weighted by molar-refractivity contribution is -0.127. The molecule has 1 fully saturated rings. The lowest BCUT2D eigenvalue weighted by atomic mass is 9.83. The number of carbonyl (C=O) groups excluding carboxylic acids is 1. The van der Waals surface area contributed by atoms with Gasteiger partial charge in [0, 0.05) is 24.7 Å². The van der Waals surface area contributed by atoms with Gasteiger partial charge in [-0.05, 0) is 51.3 Å². The number of amides is 1. The summed E-state index contributed by atoms with van der Waals surface area (Å²) >= 11 is 0. The molecule has 1 aromatic carbocycles. The number of ether oxygens (including phenoxy) is 1. The van der Waals surface area contributed by atoms with Gasteiger partial charge in [-0.25, -0.2) is 8.42 Å². The van der Waals surface area contributed by atoms with Crippen molar-refractivity contribution in [3.63, 3.8) is 0 Å². The molecule has 5 nitrogen and oxygen atoms in total. The maximum Gasteiger partial charge on any atom is 0.230 e. The molecule has 0 unspecified atom stereocenters. The largest absolute Gasteiger partial charge is 0.381 e. The van der Waals surface area contributed by atoms with Crippen LogP contribution in [0.15, 0.2) is 40.6 Å². The van der Waals surface area contributed by atoms with Crippen LogP contribution in [0.2, 0.25) is 0 Å². The van der Waals surface area contributed by atoms with Crippen LogP contribution < -0.4 is 5.32 Å². The van der Waals surface area contributed by atoms with Gasteiger partial charge in [0.05, 0.1) is 10.3 Å². The normalized spacial score (nSPS) is 17.1. The first-order valence-electron chi connectivity index (χ1n) is 8.14. The van der Waals surface area contributed by atoms with E-state index in [4.69, 9.17) is 4.74 Å². The quantitative estimate of drug-likeness (QED) is 0.885. The maximum absolute atomic E-state index is 12.6. The average molecular weight is 351 g/mol. The van der Waals surface area contributed by atoms with Crippen molar-refractivity contribution in [2.45, 2.75) is 50.0 Å². The van der Waals surface area contributed by atoms with Gasteiger partial charge >= 0.3 is 0 Å². The van der Waals surface area contributed by atoms with Crippen LogP contribution in [0.3, 0.4) is 0 Å². The van der Waals surface area contributed by atoms with E-state index in [1.165, 1.54) is 11.5 Å². The molecule has 132 valence electrons. The van der Waals surface area contributed by atoms with Gasteiger partial charge in [-0.1, -0.05) is 18.2 Å². The van der Waals surface area contributed by atoms with Gasteiger partial charge < -0.3 is 10.1 Å². The minimum Gasteiger partial charge on any atom is -0.381 e. The molecule has 0 aromatic heterocycles. The number of rotatable bonds is 5. The van der Waals surface area contributed by atoms with Crippen molar-refractivity contribution < 1.29 is 17.9 Å². The average Bonchev–Trinajstić information content (AvgIpc) is 2.56. The second-order valence-electron chi connectivity index (χ2n) is 6.52. The number of hydrogen-bond donors (Lipinski definition) is 1.